The van der Waals surface area contributed by atoms with Crippen molar-refractivity contribution in [2.45, 2.75) is 37.5 Å². The fourth-order valence-corrected chi connectivity index (χ4v) is 4.02. The molecule has 3 aliphatic heterocycles. The molecule has 0 bridgehead atoms. The average molecular weight is 303 g/mol. The molecule has 4 rings (SSSR count). The van der Waals surface area contributed by atoms with Crippen LogP contribution in [-0.2, 0) is 11.2 Å². The maximum atomic E-state index is 13.3. The van der Waals surface area contributed by atoms with Gasteiger partial charge in [-0.15, -0.1) is 0 Å². The smallest absolute Gasteiger partial charge is 0.239 e. The van der Waals surface area contributed by atoms with Crippen molar-refractivity contribution < 1.29 is 9.18 Å². The molecule has 4 nitrogen and oxygen atoms in total. The van der Waals surface area contributed by atoms with Gasteiger partial charge >= 0.3 is 0 Å². The minimum Gasteiger partial charge on any atom is -0.367 e. The standard InChI is InChI=1S/C17H22FN3O/c18-13-6-7-20(11-13)17(22)15-9-14(10-19-15)21-8-5-12-3-1-2-4-16(12)21/h1-4,13-15,19H,5-11H2/t13?,14-,15-/m0/s1. The Labute approximate surface area is 130 Å². The Morgan fingerprint density at radius 2 is 2.14 bits per heavy atom. The molecule has 0 aliphatic carbocycles. The normalized spacial score (nSPS) is 30.9. The number of carbonyl (C=O) groups excluding carboxylic acids is 1. The molecule has 0 radical (unpaired) electrons. The summed E-state index contributed by atoms with van der Waals surface area (Å²) in [6, 6.07) is 8.73. The van der Waals surface area contributed by atoms with Gasteiger partial charge in [0.05, 0.1) is 12.6 Å². The molecule has 2 fully saturated rings. The number of rotatable bonds is 2. The van der Waals surface area contributed by atoms with Crippen LogP contribution < -0.4 is 10.2 Å². The van der Waals surface area contributed by atoms with E-state index in [0.29, 0.717) is 19.0 Å². The molecule has 0 saturated carbocycles. The second-order valence-corrected chi connectivity index (χ2v) is 6.59. The SMILES string of the molecule is O=C([C@@H]1C[C@H](N2CCc3ccccc32)CN1)N1CCC(F)C1. The highest BCUT2D eigenvalue weighted by atomic mass is 19.1. The predicted molar refractivity (Wildman–Crippen MR) is 83.8 cm³/mol. The molecule has 2 saturated heterocycles. The number of hydrogen-bond donors (Lipinski definition) is 1. The Kier molecular flexibility index (Phi) is 3.53. The van der Waals surface area contributed by atoms with Gasteiger partial charge in [-0.25, -0.2) is 4.39 Å². The van der Waals surface area contributed by atoms with Crippen molar-refractivity contribution in [3.63, 3.8) is 0 Å². The molecule has 1 unspecified atom stereocenters. The van der Waals surface area contributed by atoms with Crippen LogP contribution in [0.15, 0.2) is 24.3 Å². The van der Waals surface area contributed by atoms with Crippen LogP contribution in [0.2, 0.25) is 0 Å². The van der Waals surface area contributed by atoms with Crippen LogP contribution in [0.5, 0.6) is 0 Å². The van der Waals surface area contributed by atoms with E-state index in [1.54, 1.807) is 4.90 Å². The van der Waals surface area contributed by atoms with Crippen LogP contribution in [0.25, 0.3) is 0 Å². The van der Waals surface area contributed by atoms with E-state index in [2.05, 4.69) is 34.5 Å². The lowest BCUT2D eigenvalue weighted by atomic mass is 10.1. The van der Waals surface area contributed by atoms with E-state index < -0.39 is 6.17 Å². The lowest BCUT2D eigenvalue weighted by Crippen LogP contribution is -2.42. The number of benzene rings is 1. The van der Waals surface area contributed by atoms with Crippen molar-refractivity contribution in [2.75, 3.05) is 31.1 Å². The third kappa shape index (κ3) is 2.37. The number of nitrogens with zero attached hydrogens (tertiary/aromatic N) is 2. The lowest BCUT2D eigenvalue weighted by molar-refractivity contribution is -0.132. The van der Waals surface area contributed by atoms with Crippen LogP contribution >= 0.6 is 0 Å². The summed E-state index contributed by atoms with van der Waals surface area (Å²) in [5.41, 5.74) is 2.71. The maximum Gasteiger partial charge on any atom is 0.239 e. The monoisotopic (exact) mass is 303 g/mol. The van der Waals surface area contributed by atoms with E-state index in [9.17, 15) is 9.18 Å². The lowest BCUT2D eigenvalue weighted by Gasteiger charge is -2.26. The van der Waals surface area contributed by atoms with Crippen LogP contribution in [0.4, 0.5) is 10.1 Å². The van der Waals surface area contributed by atoms with Crippen LogP contribution in [0.1, 0.15) is 18.4 Å². The molecule has 0 spiro atoms. The third-order valence-electron chi connectivity index (χ3n) is 5.21. The first-order valence-corrected chi connectivity index (χ1v) is 8.23. The third-order valence-corrected chi connectivity index (χ3v) is 5.21. The van der Waals surface area contributed by atoms with Gasteiger partial charge in [0.15, 0.2) is 0 Å². The molecular formula is C17H22FN3O. The Morgan fingerprint density at radius 3 is 2.95 bits per heavy atom. The summed E-state index contributed by atoms with van der Waals surface area (Å²) >= 11 is 0. The van der Waals surface area contributed by atoms with E-state index in [4.69, 9.17) is 0 Å². The molecular weight excluding hydrogens is 281 g/mol. The largest absolute Gasteiger partial charge is 0.367 e. The van der Waals surface area contributed by atoms with E-state index in [0.717, 1.165) is 25.9 Å². The molecule has 0 aromatic heterocycles. The molecule has 3 aliphatic rings. The van der Waals surface area contributed by atoms with Crippen molar-refractivity contribution in [3.8, 4) is 0 Å². The number of hydrogen-bond acceptors (Lipinski definition) is 3. The van der Waals surface area contributed by atoms with Gasteiger partial charge in [0.1, 0.15) is 6.17 Å². The van der Waals surface area contributed by atoms with Crippen molar-refractivity contribution in [2.24, 2.45) is 0 Å². The zero-order valence-corrected chi connectivity index (χ0v) is 12.7. The molecule has 22 heavy (non-hydrogen) atoms. The number of fused-ring (bicyclic) bond motifs is 1. The number of likely N-dealkylation sites (tertiary alicyclic amines) is 1. The Bertz CT molecular complexity index is 579. The van der Waals surface area contributed by atoms with Crippen LogP contribution in [0.3, 0.4) is 0 Å². The highest BCUT2D eigenvalue weighted by Crippen LogP contribution is 2.32. The molecule has 3 heterocycles. The van der Waals surface area contributed by atoms with Crippen LogP contribution in [-0.4, -0.2) is 55.2 Å². The van der Waals surface area contributed by atoms with Crippen molar-refractivity contribution in [3.05, 3.63) is 29.8 Å². The maximum absolute atomic E-state index is 13.3. The van der Waals surface area contributed by atoms with Gasteiger partial charge in [0.2, 0.25) is 5.91 Å². The topological polar surface area (TPSA) is 35.6 Å². The summed E-state index contributed by atoms with van der Waals surface area (Å²) in [7, 11) is 0. The number of amides is 1. The fourth-order valence-electron chi connectivity index (χ4n) is 4.02. The van der Waals surface area contributed by atoms with E-state index >= 15 is 0 Å². The first-order chi connectivity index (χ1) is 10.7. The Morgan fingerprint density at radius 1 is 1.27 bits per heavy atom. The minimum absolute atomic E-state index is 0.0788. The van der Waals surface area contributed by atoms with Gasteiger partial charge in [-0.1, -0.05) is 18.2 Å². The summed E-state index contributed by atoms with van der Waals surface area (Å²) < 4.78 is 13.3. The van der Waals surface area contributed by atoms with Gasteiger partial charge in [-0.3, -0.25) is 4.79 Å². The summed E-state index contributed by atoms with van der Waals surface area (Å²) in [6.45, 7) is 2.70. The second-order valence-electron chi connectivity index (χ2n) is 6.59. The second kappa shape index (κ2) is 5.54. The first-order valence-electron chi connectivity index (χ1n) is 8.23. The van der Waals surface area contributed by atoms with Gasteiger partial charge < -0.3 is 15.1 Å². The van der Waals surface area contributed by atoms with Crippen molar-refractivity contribution in [1.29, 1.82) is 0 Å². The summed E-state index contributed by atoms with van der Waals surface area (Å²) in [5.74, 6) is 0.0788. The number of nitrogens with one attached hydrogen (secondary N) is 1. The number of para-hydroxylation sites is 1. The Hall–Kier alpha value is -1.62. The fraction of sp³-hybridized carbons (Fsp3) is 0.588. The molecule has 1 N–H and O–H groups in total. The predicted octanol–water partition coefficient (Wildman–Crippen LogP) is 1.35. The molecule has 5 heteroatoms. The number of halogens is 1. The zero-order valence-electron chi connectivity index (χ0n) is 12.7. The zero-order chi connectivity index (χ0) is 15.1. The van der Waals surface area contributed by atoms with Gasteiger partial charge in [-0.2, -0.15) is 0 Å². The van der Waals surface area contributed by atoms with Gasteiger partial charge in [0, 0.05) is 31.4 Å². The number of anilines is 1. The van der Waals surface area contributed by atoms with Crippen LogP contribution in [0, 0.1) is 0 Å². The van der Waals surface area contributed by atoms with Crippen molar-refractivity contribution >= 4 is 11.6 Å². The van der Waals surface area contributed by atoms with E-state index in [-0.39, 0.29) is 18.5 Å². The summed E-state index contributed by atoms with van der Waals surface area (Å²) in [5, 5.41) is 3.35. The Balaban J connectivity index is 1.42. The van der Waals surface area contributed by atoms with E-state index in [1.165, 1.54) is 11.3 Å². The van der Waals surface area contributed by atoms with E-state index in [1.807, 2.05) is 0 Å². The number of carbonyl (C=O) groups is 1. The molecule has 1 aromatic rings. The van der Waals surface area contributed by atoms with Crippen molar-refractivity contribution in [1.82, 2.24) is 10.2 Å². The molecule has 118 valence electrons. The van der Waals surface area contributed by atoms with Gasteiger partial charge in [0.25, 0.3) is 0 Å². The number of alkyl halides is 1. The minimum atomic E-state index is -0.841. The highest BCUT2D eigenvalue weighted by molar-refractivity contribution is 5.83. The molecule has 3 atom stereocenters. The van der Waals surface area contributed by atoms with Gasteiger partial charge in [-0.05, 0) is 30.9 Å². The summed E-state index contributed by atoms with van der Waals surface area (Å²) in [6.07, 6.45) is 1.55. The quantitative estimate of drug-likeness (QED) is 0.896. The summed E-state index contributed by atoms with van der Waals surface area (Å²) in [4.78, 5) is 16.6. The average Bonchev–Trinajstić information content (AvgIpc) is 3.24. The highest BCUT2D eigenvalue weighted by Gasteiger charge is 2.38. The molecule has 1 aromatic carbocycles. The first kappa shape index (κ1) is 14.0. The molecule has 1 amide bonds.